The van der Waals surface area contributed by atoms with Crippen LogP contribution >= 0.6 is 11.6 Å². The van der Waals surface area contributed by atoms with Crippen LogP contribution in [0.4, 0.5) is 22.4 Å². The van der Waals surface area contributed by atoms with E-state index in [9.17, 15) is 35.1 Å². The van der Waals surface area contributed by atoms with Crippen LogP contribution < -0.4 is 31.5 Å². The molecule has 3 amide bonds. The second-order valence-electron chi connectivity index (χ2n) is 20.6. The summed E-state index contributed by atoms with van der Waals surface area (Å²) in [4.78, 5) is 65.1. The van der Waals surface area contributed by atoms with Crippen LogP contribution in [0.3, 0.4) is 0 Å². The number of hydrogen-bond donors (Lipinski definition) is 10. The van der Waals surface area contributed by atoms with Gasteiger partial charge in [0.25, 0.3) is 0 Å². The number of imidazole rings is 2. The zero-order chi connectivity index (χ0) is 52.6. The number of aliphatic hydroxyl groups excluding tert-OH is 5. The Kier molecular flexibility index (Phi) is 14.8. The van der Waals surface area contributed by atoms with Gasteiger partial charge in [-0.05, 0) is 67.7 Å². The molecule has 3 aliphatic carbocycles. The molecule has 76 heavy (non-hydrogen) atoms. The summed E-state index contributed by atoms with van der Waals surface area (Å²) >= 11 is 6.44. The number of carbonyl (C=O) groups is 2. The molecule has 4 fully saturated rings. The maximum Gasteiger partial charge on any atom is 0.315 e. The number of nitrogens with one attached hydrogen (secondary N) is 5. The second-order valence-corrected chi connectivity index (χ2v) is 20.9. The normalized spacial score (nSPS) is 28.4. The number of aliphatic imine (C=N–C) groups is 2. The van der Waals surface area contributed by atoms with Crippen molar-refractivity contribution in [3.05, 3.63) is 89.7 Å². The average molecular weight is 1060 g/mol. The molecular weight excluding hydrogens is 996 g/mol. The van der Waals surface area contributed by atoms with Crippen molar-refractivity contribution in [3.8, 4) is 0 Å². The summed E-state index contributed by atoms with van der Waals surface area (Å²) in [6, 6.07) is 18.2. The van der Waals surface area contributed by atoms with Crippen LogP contribution in [0, 0.1) is 5.92 Å². The minimum Gasteiger partial charge on any atom is -0.390 e. The molecule has 2 aromatic carbocycles. The average Bonchev–Trinajstić information content (AvgIpc) is 4.33. The van der Waals surface area contributed by atoms with Gasteiger partial charge in [0.1, 0.15) is 24.5 Å². The first-order valence-electron chi connectivity index (χ1n) is 26.2. The fraction of sp³-hybridized carbons (Fsp3) is 0.500. The second kappa shape index (κ2) is 22.0. The highest BCUT2D eigenvalue weighted by atomic mass is 35.5. The number of urea groups is 1. The number of carbonyl (C=O) groups excluding carboxylic acids is 2. The third kappa shape index (κ3) is 10.4. The molecule has 6 aromatic rings. The first-order valence-corrected chi connectivity index (χ1v) is 26.6. The standard InChI is InChI=1S/C52H63ClN16O7/c1-2-38(71)62-35-20-37(44(75)42(35)73)69-26-57-40-47(63-50(53)65-48(40)69)58-29-13-15-30(16-14-29)60-52(76)61-31-17-18-67(23-31)51-64-46(55-22-34(27-9-5-3-6-10-27)28-11-7-4-8-12-28)39-49(66-51)68(25-56-39)36-19-33(41(72)43(36)74)45-54-21-32(24-70)59-45/h3-12,21,25-26,29-31,33-37,41-45,70,72-75H,2,13-20,22-24H2,1H3,(H,62,71)(H,55,64,66)(H,58,63,65)(H2,60,61,76)/t29?,30?,31-,33+,35+,36-,37-,41-,42-,43+,44+,45?/m1/s1. The minimum atomic E-state index is -1.17. The summed E-state index contributed by atoms with van der Waals surface area (Å²) in [6.45, 7) is 2.95. The molecule has 0 spiro atoms. The lowest BCUT2D eigenvalue weighted by Gasteiger charge is -2.30. The minimum absolute atomic E-state index is 0.00562. The Labute approximate surface area is 442 Å². The van der Waals surface area contributed by atoms with Crippen molar-refractivity contribution in [1.29, 1.82) is 0 Å². The lowest BCUT2D eigenvalue weighted by Crippen LogP contribution is -2.48. The zero-order valence-corrected chi connectivity index (χ0v) is 42.6. The highest BCUT2D eigenvalue weighted by Gasteiger charge is 2.48. The van der Waals surface area contributed by atoms with Crippen LogP contribution in [0.5, 0.6) is 0 Å². The smallest absolute Gasteiger partial charge is 0.315 e. The summed E-state index contributed by atoms with van der Waals surface area (Å²) < 4.78 is 3.49. The first-order chi connectivity index (χ1) is 36.9. The third-order valence-corrected chi connectivity index (χ3v) is 16.0. The fourth-order valence-corrected chi connectivity index (χ4v) is 11.9. The van der Waals surface area contributed by atoms with Gasteiger partial charge in [-0.2, -0.15) is 19.9 Å². The molecule has 6 heterocycles. The number of halogens is 1. The van der Waals surface area contributed by atoms with E-state index in [-0.39, 0.29) is 60.7 Å². The van der Waals surface area contributed by atoms with Gasteiger partial charge in [-0.1, -0.05) is 67.6 Å². The number of aliphatic hydroxyl groups is 5. The van der Waals surface area contributed by atoms with Crippen LogP contribution in [0.25, 0.3) is 22.3 Å². The molecule has 400 valence electrons. The maximum absolute atomic E-state index is 13.6. The van der Waals surface area contributed by atoms with Crippen LogP contribution in [0.2, 0.25) is 5.28 Å². The SMILES string of the molecule is CCC(=O)N[C@H]1C[C@@H](n2cnc3c(NC4CCC(NC(=O)N[C@@H]5CCN(c6nc(NCC(c7ccccc7)c7ccccc7)c7ncn([C@@H]8C[C@H](C9N=CC(CO)=N9)[C@@H](O)[C@H]8O)c7n6)C5)CC4)nc(Cl)nc32)[C@H](O)[C@@H]1O. The Bertz CT molecular complexity index is 3060. The molecule has 11 rings (SSSR count). The van der Waals surface area contributed by atoms with E-state index in [1.807, 2.05) is 45.9 Å². The quantitative estimate of drug-likeness (QED) is 0.0624. The van der Waals surface area contributed by atoms with Gasteiger partial charge < -0.3 is 66.2 Å². The van der Waals surface area contributed by atoms with E-state index in [0.717, 1.165) is 24.0 Å². The van der Waals surface area contributed by atoms with Crippen molar-refractivity contribution in [3.63, 3.8) is 0 Å². The van der Waals surface area contributed by atoms with Gasteiger partial charge in [-0.25, -0.2) is 14.8 Å². The van der Waals surface area contributed by atoms with E-state index in [1.54, 1.807) is 24.1 Å². The third-order valence-electron chi connectivity index (χ3n) is 15.8. The Hall–Kier alpha value is -6.89. The first kappa shape index (κ1) is 51.2. The molecule has 4 aromatic heterocycles. The molecular formula is C52H63ClN16O7. The van der Waals surface area contributed by atoms with Crippen molar-refractivity contribution in [2.24, 2.45) is 15.9 Å². The van der Waals surface area contributed by atoms with E-state index in [1.165, 1.54) is 6.21 Å². The van der Waals surface area contributed by atoms with Gasteiger partial charge in [-0.3, -0.25) is 14.8 Å². The molecule has 1 saturated heterocycles. The van der Waals surface area contributed by atoms with Crippen molar-refractivity contribution >= 4 is 75.4 Å². The highest BCUT2D eigenvalue weighted by Crippen LogP contribution is 2.42. The fourth-order valence-electron chi connectivity index (χ4n) is 11.7. The molecule has 24 heteroatoms. The van der Waals surface area contributed by atoms with E-state index in [2.05, 4.69) is 75.8 Å². The lowest BCUT2D eigenvalue weighted by atomic mass is 9.91. The topological polar surface area (TPSA) is 311 Å². The van der Waals surface area contributed by atoms with Gasteiger partial charge >= 0.3 is 6.03 Å². The summed E-state index contributed by atoms with van der Waals surface area (Å²) in [5.74, 6) is 0.642. The summed E-state index contributed by atoms with van der Waals surface area (Å²) in [7, 11) is 0. The van der Waals surface area contributed by atoms with Crippen molar-refractivity contribution in [2.45, 2.75) is 131 Å². The van der Waals surface area contributed by atoms with E-state index < -0.39 is 54.6 Å². The number of fused-ring (bicyclic) bond motifs is 2. The van der Waals surface area contributed by atoms with Crippen LogP contribution in [-0.4, -0.2) is 169 Å². The Morgan fingerprint density at radius 2 is 1.36 bits per heavy atom. The largest absolute Gasteiger partial charge is 0.390 e. The summed E-state index contributed by atoms with van der Waals surface area (Å²) in [5, 5.41) is 70.5. The van der Waals surface area contributed by atoms with Crippen LogP contribution in [0.15, 0.2) is 83.3 Å². The summed E-state index contributed by atoms with van der Waals surface area (Å²) in [6.07, 6.45) is 3.82. The summed E-state index contributed by atoms with van der Waals surface area (Å²) in [5.41, 5.74) is 4.53. The van der Waals surface area contributed by atoms with Crippen molar-refractivity contribution in [1.82, 2.24) is 55.0 Å². The number of amides is 3. The monoisotopic (exact) mass is 1060 g/mol. The predicted molar refractivity (Wildman–Crippen MR) is 285 cm³/mol. The number of hydrogen-bond acceptors (Lipinski definition) is 18. The van der Waals surface area contributed by atoms with Gasteiger partial charge in [-0.15, -0.1) is 0 Å². The Morgan fingerprint density at radius 1 is 0.724 bits per heavy atom. The van der Waals surface area contributed by atoms with Crippen LogP contribution in [0.1, 0.15) is 87.4 Å². The molecule has 2 aliphatic heterocycles. The number of nitrogens with zero attached hydrogens (tertiary/aromatic N) is 11. The zero-order valence-electron chi connectivity index (χ0n) is 41.8. The molecule has 10 atom stereocenters. The van der Waals surface area contributed by atoms with E-state index >= 15 is 0 Å². The number of anilines is 3. The van der Waals surface area contributed by atoms with Gasteiger partial charge in [0.15, 0.2) is 34.0 Å². The van der Waals surface area contributed by atoms with Gasteiger partial charge in [0.05, 0.1) is 49.2 Å². The molecule has 10 N–H and O–H groups in total. The van der Waals surface area contributed by atoms with Crippen molar-refractivity contribution < 1.29 is 35.1 Å². The number of aromatic nitrogens is 8. The molecule has 0 radical (unpaired) electrons. The Balaban J connectivity index is 0.750. The number of rotatable bonds is 16. The maximum atomic E-state index is 13.6. The van der Waals surface area contributed by atoms with Gasteiger partial charge in [0.2, 0.25) is 17.1 Å². The number of benzene rings is 2. The van der Waals surface area contributed by atoms with Crippen molar-refractivity contribution in [2.75, 3.05) is 41.8 Å². The molecule has 3 saturated carbocycles. The van der Waals surface area contributed by atoms with E-state index in [4.69, 9.17) is 26.6 Å². The van der Waals surface area contributed by atoms with Crippen LogP contribution in [-0.2, 0) is 4.79 Å². The van der Waals surface area contributed by atoms with Gasteiger partial charge in [0, 0.05) is 62.2 Å². The molecule has 5 aliphatic rings. The molecule has 1 unspecified atom stereocenters. The predicted octanol–water partition coefficient (Wildman–Crippen LogP) is 2.85. The molecule has 0 bridgehead atoms. The van der Waals surface area contributed by atoms with E-state index in [0.29, 0.717) is 90.9 Å². The Morgan fingerprint density at radius 3 is 2.03 bits per heavy atom. The lowest BCUT2D eigenvalue weighted by molar-refractivity contribution is -0.122. The highest BCUT2D eigenvalue weighted by molar-refractivity contribution is 6.32. The molecule has 23 nitrogen and oxygen atoms in total.